The highest BCUT2D eigenvalue weighted by molar-refractivity contribution is 9.10. The molecule has 126 valence electrons. The van der Waals surface area contributed by atoms with Crippen LogP contribution in [0.1, 0.15) is 59.3 Å². The Hall–Kier alpha value is -0.440. The standard InChI is InChI=1S/C20H27BrO2/c1-11-18(21)16(22)10-12-4-5-13-14-6-7-17(23)19(14,2)9-8-15(13)20(11,12)3/h10-11,13-15,18H,4-9H2,1-3H3/t11-,13-,14-,15-,18-,19-,20-/m0/s1. The van der Waals surface area contributed by atoms with E-state index in [0.717, 1.165) is 32.1 Å². The van der Waals surface area contributed by atoms with E-state index in [4.69, 9.17) is 0 Å². The summed E-state index contributed by atoms with van der Waals surface area (Å²) in [5, 5.41) is 0. The number of rotatable bonds is 0. The van der Waals surface area contributed by atoms with Crippen LogP contribution in [0.3, 0.4) is 0 Å². The number of halogens is 1. The van der Waals surface area contributed by atoms with E-state index in [1.807, 2.05) is 6.08 Å². The molecule has 2 nitrogen and oxygen atoms in total. The van der Waals surface area contributed by atoms with Crippen LogP contribution in [0.15, 0.2) is 11.6 Å². The average Bonchev–Trinajstić information content (AvgIpc) is 2.83. The summed E-state index contributed by atoms with van der Waals surface area (Å²) in [6, 6.07) is 0. The molecule has 3 saturated carbocycles. The van der Waals surface area contributed by atoms with Crippen LogP contribution in [0.4, 0.5) is 0 Å². The average molecular weight is 379 g/mol. The van der Waals surface area contributed by atoms with E-state index in [1.165, 1.54) is 12.0 Å². The molecule has 0 aliphatic heterocycles. The highest BCUT2D eigenvalue weighted by atomic mass is 79.9. The van der Waals surface area contributed by atoms with E-state index < -0.39 is 0 Å². The van der Waals surface area contributed by atoms with Crippen LogP contribution in [0, 0.1) is 34.5 Å². The summed E-state index contributed by atoms with van der Waals surface area (Å²) in [6.45, 7) is 6.89. The molecule has 3 fully saturated rings. The minimum absolute atomic E-state index is 0.0477. The predicted molar refractivity (Wildman–Crippen MR) is 94.4 cm³/mol. The van der Waals surface area contributed by atoms with E-state index >= 15 is 0 Å². The summed E-state index contributed by atoms with van der Waals surface area (Å²) in [5.74, 6) is 2.97. The van der Waals surface area contributed by atoms with Gasteiger partial charge in [-0.2, -0.15) is 0 Å². The molecule has 0 saturated heterocycles. The van der Waals surface area contributed by atoms with Gasteiger partial charge in [-0.05, 0) is 67.3 Å². The van der Waals surface area contributed by atoms with Crippen molar-refractivity contribution in [3.05, 3.63) is 11.6 Å². The molecule has 23 heavy (non-hydrogen) atoms. The maximum Gasteiger partial charge on any atom is 0.169 e. The first kappa shape index (κ1) is 16.1. The van der Waals surface area contributed by atoms with E-state index in [2.05, 4.69) is 36.7 Å². The third-order valence-electron chi connectivity index (χ3n) is 8.33. The molecule has 0 amide bonds. The van der Waals surface area contributed by atoms with Gasteiger partial charge in [0, 0.05) is 11.8 Å². The number of carbonyl (C=O) groups excluding carboxylic acids is 2. The van der Waals surface area contributed by atoms with E-state index in [-0.39, 0.29) is 21.4 Å². The first-order chi connectivity index (χ1) is 10.8. The van der Waals surface area contributed by atoms with Crippen LogP contribution in [0.5, 0.6) is 0 Å². The lowest BCUT2D eigenvalue weighted by molar-refractivity contribution is -0.133. The molecule has 0 radical (unpaired) electrons. The second-order valence-corrected chi connectivity index (χ2v) is 9.87. The molecule has 7 atom stereocenters. The fourth-order valence-electron chi connectivity index (χ4n) is 6.69. The molecule has 0 spiro atoms. The van der Waals surface area contributed by atoms with Crippen LogP contribution >= 0.6 is 15.9 Å². The zero-order valence-electron chi connectivity index (χ0n) is 14.4. The van der Waals surface area contributed by atoms with E-state index in [1.54, 1.807) is 0 Å². The summed E-state index contributed by atoms with van der Waals surface area (Å²) < 4.78 is 0. The van der Waals surface area contributed by atoms with Gasteiger partial charge in [0.25, 0.3) is 0 Å². The fraction of sp³-hybridized carbons (Fsp3) is 0.800. The maximum atomic E-state index is 12.5. The van der Waals surface area contributed by atoms with Gasteiger partial charge in [-0.1, -0.05) is 42.3 Å². The van der Waals surface area contributed by atoms with Crippen LogP contribution in [-0.2, 0) is 9.59 Å². The summed E-state index contributed by atoms with van der Waals surface area (Å²) in [7, 11) is 0. The number of carbonyl (C=O) groups is 2. The molecule has 0 unspecified atom stereocenters. The SMILES string of the molecule is C[C@H]1[C@H](Br)C(=O)C=C2CC[C@@H]3[C@H](CC[C@]4(C)C(=O)CC[C@@H]34)[C@]21C. The van der Waals surface area contributed by atoms with Crippen molar-refractivity contribution in [1.29, 1.82) is 0 Å². The molecule has 4 aliphatic rings. The van der Waals surface area contributed by atoms with Crippen LogP contribution in [-0.4, -0.2) is 16.4 Å². The van der Waals surface area contributed by atoms with Gasteiger partial charge >= 0.3 is 0 Å². The molecule has 0 N–H and O–H groups in total. The van der Waals surface area contributed by atoms with Gasteiger partial charge in [-0.3, -0.25) is 9.59 Å². The number of fused-ring (bicyclic) bond motifs is 5. The molecule has 3 heteroatoms. The van der Waals surface area contributed by atoms with Gasteiger partial charge in [-0.15, -0.1) is 0 Å². The normalized spacial score (nSPS) is 52.5. The van der Waals surface area contributed by atoms with E-state index in [9.17, 15) is 9.59 Å². The van der Waals surface area contributed by atoms with Gasteiger partial charge in [0.15, 0.2) is 5.78 Å². The van der Waals surface area contributed by atoms with Crippen molar-refractivity contribution < 1.29 is 9.59 Å². The quantitative estimate of drug-likeness (QED) is 0.572. The van der Waals surface area contributed by atoms with Crippen molar-refractivity contribution in [2.75, 3.05) is 0 Å². The highest BCUT2D eigenvalue weighted by Gasteiger charge is 2.61. The van der Waals surface area contributed by atoms with Crippen molar-refractivity contribution in [2.24, 2.45) is 34.5 Å². The Bertz CT molecular complexity index is 609. The van der Waals surface area contributed by atoms with Crippen LogP contribution in [0.2, 0.25) is 0 Å². The van der Waals surface area contributed by atoms with Gasteiger partial charge in [-0.25, -0.2) is 0 Å². The van der Waals surface area contributed by atoms with Crippen LogP contribution in [0.25, 0.3) is 0 Å². The predicted octanol–water partition coefficient (Wildman–Crippen LogP) is 4.71. The number of ketones is 2. The lowest BCUT2D eigenvalue weighted by Crippen LogP contribution is -2.55. The molecule has 0 aromatic carbocycles. The second kappa shape index (κ2) is 5.03. The molecular weight excluding hydrogens is 352 g/mol. The number of hydrogen-bond acceptors (Lipinski definition) is 2. The Balaban J connectivity index is 1.75. The monoisotopic (exact) mass is 378 g/mol. The fourth-order valence-corrected chi connectivity index (χ4v) is 7.38. The maximum absolute atomic E-state index is 12.5. The van der Waals surface area contributed by atoms with Crippen molar-refractivity contribution in [3.63, 3.8) is 0 Å². The lowest BCUT2D eigenvalue weighted by atomic mass is 9.45. The smallest absolute Gasteiger partial charge is 0.169 e. The molecule has 0 aromatic heterocycles. The van der Waals surface area contributed by atoms with Gasteiger partial charge in [0.05, 0.1) is 4.83 Å². The van der Waals surface area contributed by atoms with Gasteiger partial charge in [0.1, 0.15) is 5.78 Å². The molecule has 0 bridgehead atoms. The molecule has 0 heterocycles. The summed E-state index contributed by atoms with van der Waals surface area (Å²) >= 11 is 3.66. The third-order valence-corrected chi connectivity index (χ3v) is 9.57. The first-order valence-electron chi connectivity index (χ1n) is 9.22. The van der Waals surface area contributed by atoms with Crippen molar-refractivity contribution in [1.82, 2.24) is 0 Å². The number of Topliss-reactive ketones (excluding diaryl/α,β-unsaturated/α-hetero) is 1. The molecule has 4 aliphatic carbocycles. The third kappa shape index (κ3) is 1.92. The minimum atomic E-state index is -0.0553. The zero-order chi connectivity index (χ0) is 16.6. The highest BCUT2D eigenvalue weighted by Crippen LogP contribution is 2.65. The van der Waals surface area contributed by atoms with Crippen molar-refractivity contribution in [2.45, 2.75) is 64.1 Å². The topological polar surface area (TPSA) is 34.1 Å². The number of alkyl halides is 1. The molecular formula is C20H27BrO2. The first-order valence-corrected chi connectivity index (χ1v) is 10.1. The zero-order valence-corrected chi connectivity index (χ0v) is 16.0. The van der Waals surface area contributed by atoms with E-state index in [0.29, 0.717) is 29.5 Å². The Morgan fingerprint density at radius 2 is 1.83 bits per heavy atom. The minimum Gasteiger partial charge on any atom is -0.299 e. The second-order valence-electron chi connectivity index (χ2n) is 8.88. The van der Waals surface area contributed by atoms with Crippen molar-refractivity contribution in [3.8, 4) is 0 Å². The lowest BCUT2D eigenvalue weighted by Gasteiger charge is -2.59. The Labute approximate surface area is 147 Å². The van der Waals surface area contributed by atoms with Crippen molar-refractivity contribution >= 4 is 27.5 Å². The summed E-state index contributed by atoms with van der Waals surface area (Å²) in [4.78, 5) is 24.7. The number of hydrogen-bond donors (Lipinski definition) is 0. The largest absolute Gasteiger partial charge is 0.299 e. The Morgan fingerprint density at radius 3 is 2.57 bits per heavy atom. The summed E-state index contributed by atoms with van der Waals surface area (Å²) in [5.41, 5.74) is 1.46. The Kier molecular flexibility index (Phi) is 3.51. The number of allylic oxidation sites excluding steroid dienone is 1. The molecule has 0 aromatic rings. The van der Waals surface area contributed by atoms with Gasteiger partial charge < -0.3 is 0 Å². The van der Waals surface area contributed by atoms with Gasteiger partial charge in [0.2, 0.25) is 0 Å². The molecule has 4 rings (SSSR count). The van der Waals surface area contributed by atoms with Crippen LogP contribution < -0.4 is 0 Å². The summed E-state index contributed by atoms with van der Waals surface area (Å²) in [6.07, 6.45) is 8.25. The Morgan fingerprint density at radius 1 is 1.09 bits per heavy atom.